The molecule has 0 fully saturated rings. The van der Waals surface area contributed by atoms with E-state index in [-0.39, 0.29) is 0 Å². The summed E-state index contributed by atoms with van der Waals surface area (Å²) in [6.45, 7) is 0. The molecular formula is C14H10N6O. The van der Waals surface area contributed by atoms with Gasteiger partial charge in [-0.25, -0.2) is 0 Å². The maximum Gasteiger partial charge on any atom is 0.250 e. The maximum atomic E-state index is 11.3. The summed E-state index contributed by atoms with van der Waals surface area (Å²) in [4.78, 5) is 11.3. The highest BCUT2D eigenvalue weighted by Crippen LogP contribution is 2.22. The predicted octanol–water partition coefficient (Wildman–Crippen LogP) is 1.37. The summed E-state index contributed by atoms with van der Waals surface area (Å²) in [7, 11) is 0. The fourth-order valence-corrected chi connectivity index (χ4v) is 2.32. The van der Waals surface area contributed by atoms with Crippen LogP contribution >= 0.6 is 0 Å². The van der Waals surface area contributed by atoms with Gasteiger partial charge in [-0.1, -0.05) is 0 Å². The van der Waals surface area contributed by atoms with Crippen LogP contribution in [-0.4, -0.2) is 30.7 Å². The molecule has 0 bridgehead atoms. The minimum atomic E-state index is -0.484. The lowest BCUT2D eigenvalue weighted by Crippen LogP contribution is -2.11. The number of fused-ring (bicyclic) bond motifs is 2. The Morgan fingerprint density at radius 2 is 2.10 bits per heavy atom. The van der Waals surface area contributed by atoms with Crippen LogP contribution in [0.25, 0.3) is 27.9 Å². The highest BCUT2D eigenvalue weighted by Gasteiger charge is 2.11. The number of carbonyl (C=O) groups excluding carboxylic acids is 1. The maximum absolute atomic E-state index is 11.3. The molecule has 0 aliphatic rings. The van der Waals surface area contributed by atoms with Crippen molar-refractivity contribution in [3.8, 4) is 11.4 Å². The van der Waals surface area contributed by atoms with Gasteiger partial charge < -0.3 is 5.73 Å². The van der Waals surface area contributed by atoms with Crippen LogP contribution < -0.4 is 5.73 Å². The molecule has 4 aromatic rings. The molecule has 0 aliphatic carbocycles. The predicted molar refractivity (Wildman–Crippen MR) is 76.6 cm³/mol. The van der Waals surface area contributed by atoms with Gasteiger partial charge in [-0.2, -0.15) is 5.10 Å². The summed E-state index contributed by atoms with van der Waals surface area (Å²) < 4.78 is 1.75. The van der Waals surface area contributed by atoms with Gasteiger partial charge in [0.15, 0.2) is 11.5 Å². The smallest absolute Gasteiger partial charge is 0.250 e. The number of primary amides is 1. The van der Waals surface area contributed by atoms with Crippen molar-refractivity contribution in [3.63, 3.8) is 0 Å². The molecule has 1 aromatic carbocycles. The van der Waals surface area contributed by atoms with Gasteiger partial charge in [0, 0.05) is 17.1 Å². The first-order valence-electron chi connectivity index (χ1n) is 6.30. The second-order valence-corrected chi connectivity index (χ2v) is 4.71. The molecule has 0 unspecified atom stereocenters. The quantitative estimate of drug-likeness (QED) is 0.578. The van der Waals surface area contributed by atoms with Gasteiger partial charge in [0.25, 0.3) is 0 Å². The van der Waals surface area contributed by atoms with E-state index in [9.17, 15) is 4.79 Å². The van der Waals surface area contributed by atoms with Crippen molar-refractivity contribution in [3.05, 3.63) is 48.3 Å². The van der Waals surface area contributed by atoms with Crippen molar-refractivity contribution in [2.24, 2.45) is 5.73 Å². The highest BCUT2D eigenvalue weighted by atomic mass is 16.1. The van der Waals surface area contributed by atoms with Gasteiger partial charge in [-0.3, -0.25) is 14.3 Å². The molecule has 3 aromatic heterocycles. The van der Waals surface area contributed by atoms with Crippen LogP contribution in [0, 0.1) is 0 Å². The Bertz CT molecular complexity index is 983. The topological polar surface area (TPSA) is 102 Å². The Morgan fingerprint density at radius 3 is 2.95 bits per heavy atom. The minimum absolute atomic E-state index is 0.410. The lowest BCUT2D eigenvalue weighted by molar-refractivity contribution is 0.1000. The first kappa shape index (κ1) is 11.6. The zero-order valence-electron chi connectivity index (χ0n) is 10.8. The molecule has 1 amide bonds. The van der Waals surface area contributed by atoms with Crippen LogP contribution in [0.15, 0.2) is 42.7 Å². The van der Waals surface area contributed by atoms with Crippen LogP contribution in [-0.2, 0) is 0 Å². The van der Waals surface area contributed by atoms with E-state index >= 15 is 0 Å². The van der Waals surface area contributed by atoms with E-state index in [4.69, 9.17) is 5.73 Å². The van der Waals surface area contributed by atoms with E-state index in [0.717, 1.165) is 16.5 Å². The van der Waals surface area contributed by atoms with Crippen LogP contribution in [0.1, 0.15) is 10.4 Å². The monoisotopic (exact) mass is 278 g/mol. The summed E-state index contributed by atoms with van der Waals surface area (Å²) in [5.74, 6) is 0.165. The molecule has 102 valence electrons. The Balaban J connectivity index is 1.96. The SMILES string of the molecule is NC(=O)c1ccc2nnc(-c3ccc4[nH]ncc4c3)n2c1. The fraction of sp³-hybridized carbons (Fsp3) is 0. The lowest BCUT2D eigenvalue weighted by atomic mass is 10.1. The number of nitrogens with two attached hydrogens (primary N) is 1. The number of hydrogen-bond acceptors (Lipinski definition) is 4. The number of rotatable bonds is 2. The Labute approximate surface area is 118 Å². The third-order valence-corrected chi connectivity index (χ3v) is 3.39. The summed E-state index contributed by atoms with van der Waals surface area (Å²) in [6.07, 6.45) is 3.39. The summed E-state index contributed by atoms with van der Waals surface area (Å²) in [6, 6.07) is 9.17. The summed E-state index contributed by atoms with van der Waals surface area (Å²) in [5.41, 5.74) is 8.22. The first-order chi connectivity index (χ1) is 10.2. The third-order valence-electron chi connectivity index (χ3n) is 3.39. The van der Waals surface area contributed by atoms with Crippen molar-refractivity contribution in [1.82, 2.24) is 24.8 Å². The normalized spacial score (nSPS) is 11.2. The van der Waals surface area contributed by atoms with Gasteiger partial charge in [0.1, 0.15) is 0 Å². The molecule has 3 N–H and O–H groups in total. The molecule has 7 heteroatoms. The van der Waals surface area contributed by atoms with E-state index < -0.39 is 5.91 Å². The minimum Gasteiger partial charge on any atom is -0.366 e. The lowest BCUT2D eigenvalue weighted by Gasteiger charge is -2.02. The fourth-order valence-electron chi connectivity index (χ4n) is 2.32. The average molecular weight is 278 g/mol. The molecule has 4 rings (SSSR count). The number of carbonyl (C=O) groups is 1. The number of benzene rings is 1. The second kappa shape index (κ2) is 4.14. The van der Waals surface area contributed by atoms with Gasteiger partial charge in [0.05, 0.1) is 17.3 Å². The number of hydrogen-bond donors (Lipinski definition) is 2. The molecule has 0 spiro atoms. The molecule has 0 aliphatic heterocycles. The first-order valence-corrected chi connectivity index (χ1v) is 6.30. The second-order valence-electron chi connectivity index (χ2n) is 4.71. The number of aromatic nitrogens is 5. The van der Waals surface area contributed by atoms with Crippen LogP contribution in [0.2, 0.25) is 0 Å². The molecule has 7 nitrogen and oxygen atoms in total. The van der Waals surface area contributed by atoms with Crippen molar-refractivity contribution in [2.75, 3.05) is 0 Å². The van der Waals surface area contributed by atoms with Gasteiger partial charge >= 0.3 is 0 Å². The van der Waals surface area contributed by atoms with Crippen LogP contribution in [0.5, 0.6) is 0 Å². The zero-order chi connectivity index (χ0) is 14.4. The van der Waals surface area contributed by atoms with Crippen molar-refractivity contribution in [1.29, 1.82) is 0 Å². The summed E-state index contributed by atoms with van der Waals surface area (Å²) in [5, 5.41) is 16.2. The van der Waals surface area contributed by atoms with Crippen LogP contribution in [0.4, 0.5) is 0 Å². The molecular weight excluding hydrogens is 268 g/mol. The largest absolute Gasteiger partial charge is 0.366 e. The van der Waals surface area contributed by atoms with E-state index in [1.807, 2.05) is 18.2 Å². The van der Waals surface area contributed by atoms with Gasteiger partial charge in [-0.05, 0) is 30.3 Å². The molecule has 21 heavy (non-hydrogen) atoms. The summed E-state index contributed by atoms with van der Waals surface area (Å²) >= 11 is 0. The van der Waals surface area contributed by atoms with E-state index in [0.29, 0.717) is 17.0 Å². The van der Waals surface area contributed by atoms with E-state index in [1.54, 1.807) is 28.9 Å². The molecule has 0 saturated heterocycles. The molecule has 0 radical (unpaired) electrons. The number of nitrogens with zero attached hydrogens (tertiary/aromatic N) is 4. The standard InChI is InChI=1S/C14H10N6O/c15-13(21)9-2-4-12-18-19-14(20(12)7-9)8-1-3-11-10(5-8)6-16-17-11/h1-7H,(H2,15,21)(H,16,17). The molecule has 3 heterocycles. The third kappa shape index (κ3) is 1.75. The van der Waals surface area contributed by atoms with E-state index in [1.165, 1.54) is 0 Å². The van der Waals surface area contributed by atoms with Crippen LogP contribution in [0.3, 0.4) is 0 Å². The number of amides is 1. The number of aromatic amines is 1. The zero-order valence-corrected chi connectivity index (χ0v) is 10.8. The highest BCUT2D eigenvalue weighted by molar-refractivity contribution is 5.93. The Kier molecular flexibility index (Phi) is 2.28. The Morgan fingerprint density at radius 1 is 1.19 bits per heavy atom. The molecule has 0 saturated carbocycles. The van der Waals surface area contributed by atoms with Gasteiger partial charge in [0.2, 0.25) is 5.91 Å². The molecule has 0 atom stereocenters. The number of pyridine rings is 1. The average Bonchev–Trinajstić information content (AvgIpc) is 3.12. The Hall–Kier alpha value is -3.22. The van der Waals surface area contributed by atoms with Crippen molar-refractivity contribution >= 4 is 22.5 Å². The van der Waals surface area contributed by atoms with Crippen molar-refractivity contribution < 1.29 is 4.79 Å². The van der Waals surface area contributed by atoms with E-state index in [2.05, 4.69) is 20.4 Å². The number of H-pyrrole nitrogens is 1. The van der Waals surface area contributed by atoms with Gasteiger partial charge in [-0.15, -0.1) is 10.2 Å². The number of nitrogens with one attached hydrogen (secondary N) is 1. The van der Waals surface area contributed by atoms with Crippen molar-refractivity contribution in [2.45, 2.75) is 0 Å².